The largest absolute Gasteiger partial charge is 0.497 e. The van der Waals surface area contributed by atoms with Crippen molar-refractivity contribution in [3.8, 4) is 11.5 Å². The molecular weight excluding hydrogens is 272 g/mol. The minimum atomic E-state index is -0.881. The van der Waals surface area contributed by atoms with Crippen LogP contribution in [0, 0.1) is 0 Å². The summed E-state index contributed by atoms with van der Waals surface area (Å²) in [6, 6.07) is 5.73. The molecule has 2 N–H and O–H groups in total. The summed E-state index contributed by atoms with van der Waals surface area (Å²) in [5, 5.41) is 0. The summed E-state index contributed by atoms with van der Waals surface area (Å²) in [6.07, 6.45) is 1.11. The van der Waals surface area contributed by atoms with Gasteiger partial charge >= 0.3 is 5.97 Å². The maximum atomic E-state index is 11.7. The van der Waals surface area contributed by atoms with E-state index in [0.717, 1.165) is 17.2 Å². The number of hydrogen-bond acceptors (Lipinski definition) is 6. The Balaban J connectivity index is 2.13. The van der Waals surface area contributed by atoms with Gasteiger partial charge in [0.15, 0.2) is 0 Å². The van der Waals surface area contributed by atoms with Crippen molar-refractivity contribution in [2.75, 3.05) is 39.3 Å². The van der Waals surface area contributed by atoms with Crippen LogP contribution in [0.2, 0.25) is 0 Å². The topological polar surface area (TPSA) is 74.0 Å². The molecule has 0 amide bonds. The van der Waals surface area contributed by atoms with E-state index in [0.29, 0.717) is 25.9 Å². The molecule has 0 saturated carbocycles. The number of methoxy groups -OCH3 is 3. The van der Waals surface area contributed by atoms with Crippen LogP contribution in [0.25, 0.3) is 0 Å². The lowest BCUT2D eigenvalue weighted by atomic mass is 9.88. The number of piperidine rings is 1. The van der Waals surface area contributed by atoms with Gasteiger partial charge in [-0.3, -0.25) is 4.79 Å². The Morgan fingerprint density at radius 3 is 2.05 bits per heavy atom. The molecule has 0 spiro atoms. The Bertz CT molecular complexity index is 488. The first-order valence-electron chi connectivity index (χ1n) is 6.88. The predicted molar refractivity (Wildman–Crippen MR) is 79.9 cm³/mol. The highest BCUT2D eigenvalue weighted by Crippen LogP contribution is 2.31. The molecule has 6 heteroatoms. The van der Waals surface area contributed by atoms with Crippen LogP contribution in [0.1, 0.15) is 12.8 Å². The van der Waals surface area contributed by atoms with Crippen LogP contribution in [-0.4, -0.2) is 45.9 Å². The van der Waals surface area contributed by atoms with Crippen LogP contribution in [0.4, 0.5) is 5.69 Å². The quantitative estimate of drug-likeness (QED) is 0.840. The zero-order chi connectivity index (χ0) is 15.5. The number of hydrogen-bond donors (Lipinski definition) is 1. The molecule has 6 nitrogen and oxygen atoms in total. The van der Waals surface area contributed by atoms with Gasteiger partial charge in [0.05, 0.1) is 21.3 Å². The van der Waals surface area contributed by atoms with Gasteiger partial charge < -0.3 is 24.8 Å². The summed E-state index contributed by atoms with van der Waals surface area (Å²) in [6.45, 7) is 1.36. The van der Waals surface area contributed by atoms with Crippen molar-refractivity contribution in [2.45, 2.75) is 18.4 Å². The molecule has 1 aromatic carbocycles. The lowest BCUT2D eigenvalue weighted by Crippen LogP contribution is -2.56. The first kappa shape index (κ1) is 15.4. The van der Waals surface area contributed by atoms with Gasteiger partial charge in [-0.15, -0.1) is 0 Å². The van der Waals surface area contributed by atoms with E-state index in [2.05, 4.69) is 4.90 Å². The molecule has 116 valence electrons. The van der Waals surface area contributed by atoms with Gasteiger partial charge in [0.25, 0.3) is 0 Å². The third-order valence-corrected chi connectivity index (χ3v) is 3.95. The molecule has 0 radical (unpaired) electrons. The molecule has 1 heterocycles. The van der Waals surface area contributed by atoms with E-state index in [1.807, 2.05) is 18.2 Å². The van der Waals surface area contributed by atoms with E-state index < -0.39 is 5.54 Å². The number of nitrogens with two attached hydrogens (primary N) is 1. The first-order chi connectivity index (χ1) is 10.0. The molecule has 0 aromatic heterocycles. The van der Waals surface area contributed by atoms with Crippen LogP contribution in [0.3, 0.4) is 0 Å². The summed E-state index contributed by atoms with van der Waals surface area (Å²) >= 11 is 0. The van der Waals surface area contributed by atoms with E-state index in [1.165, 1.54) is 7.11 Å². The number of carbonyl (C=O) groups excluding carboxylic acids is 1. The van der Waals surface area contributed by atoms with Crippen LogP contribution in [0.5, 0.6) is 11.5 Å². The van der Waals surface area contributed by atoms with Gasteiger partial charge in [-0.25, -0.2) is 0 Å². The summed E-state index contributed by atoms with van der Waals surface area (Å²) in [5.41, 5.74) is 6.23. The monoisotopic (exact) mass is 294 g/mol. The highest BCUT2D eigenvalue weighted by atomic mass is 16.5. The molecule has 0 bridgehead atoms. The maximum absolute atomic E-state index is 11.7. The second kappa shape index (κ2) is 6.22. The highest BCUT2D eigenvalue weighted by Gasteiger charge is 2.38. The minimum absolute atomic E-state index is 0.342. The molecule has 0 unspecified atom stereocenters. The van der Waals surface area contributed by atoms with Gasteiger partial charge in [0.2, 0.25) is 0 Å². The number of nitrogens with zero attached hydrogens (tertiary/aromatic N) is 1. The summed E-state index contributed by atoms with van der Waals surface area (Å²) in [5.74, 6) is 1.13. The Morgan fingerprint density at radius 2 is 1.62 bits per heavy atom. The van der Waals surface area contributed by atoms with Gasteiger partial charge in [-0.2, -0.15) is 0 Å². The number of anilines is 1. The number of carbonyl (C=O) groups is 1. The Hall–Kier alpha value is -1.95. The molecule has 0 aliphatic carbocycles. The lowest BCUT2D eigenvalue weighted by Gasteiger charge is -2.38. The molecular formula is C15H22N2O4. The number of benzene rings is 1. The minimum Gasteiger partial charge on any atom is -0.497 e. The van der Waals surface area contributed by atoms with Gasteiger partial charge in [0.1, 0.15) is 17.0 Å². The maximum Gasteiger partial charge on any atom is 0.325 e. The fourth-order valence-electron chi connectivity index (χ4n) is 2.55. The average molecular weight is 294 g/mol. The van der Waals surface area contributed by atoms with Crippen LogP contribution in [-0.2, 0) is 9.53 Å². The molecule has 1 aliphatic rings. The summed E-state index contributed by atoms with van der Waals surface area (Å²) in [7, 11) is 4.62. The van der Waals surface area contributed by atoms with E-state index in [1.54, 1.807) is 14.2 Å². The molecule has 1 aliphatic heterocycles. The third kappa shape index (κ3) is 3.21. The van der Waals surface area contributed by atoms with Gasteiger partial charge in [-0.1, -0.05) is 0 Å². The van der Waals surface area contributed by atoms with Crippen molar-refractivity contribution in [3.05, 3.63) is 18.2 Å². The molecule has 1 saturated heterocycles. The predicted octanol–water partition coefficient (Wildman–Crippen LogP) is 1.17. The standard InChI is InChI=1S/C15H22N2O4/c1-19-12-8-11(9-13(10-12)20-2)17-6-4-15(16,5-7-17)14(18)21-3/h8-10H,4-7,16H2,1-3H3. The van der Waals surface area contributed by atoms with Crippen molar-refractivity contribution in [2.24, 2.45) is 5.73 Å². The number of ether oxygens (including phenoxy) is 3. The lowest BCUT2D eigenvalue weighted by molar-refractivity contribution is -0.147. The van der Waals surface area contributed by atoms with Gasteiger partial charge in [0, 0.05) is 37.0 Å². The second-order valence-electron chi connectivity index (χ2n) is 5.21. The number of esters is 1. The van der Waals surface area contributed by atoms with E-state index in [-0.39, 0.29) is 5.97 Å². The van der Waals surface area contributed by atoms with Crippen molar-refractivity contribution >= 4 is 11.7 Å². The zero-order valence-corrected chi connectivity index (χ0v) is 12.7. The molecule has 21 heavy (non-hydrogen) atoms. The van der Waals surface area contributed by atoms with Gasteiger partial charge in [-0.05, 0) is 12.8 Å². The fourth-order valence-corrected chi connectivity index (χ4v) is 2.55. The molecule has 1 fully saturated rings. The molecule has 0 atom stereocenters. The van der Waals surface area contributed by atoms with Crippen molar-refractivity contribution in [1.82, 2.24) is 0 Å². The Kier molecular flexibility index (Phi) is 4.57. The fraction of sp³-hybridized carbons (Fsp3) is 0.533. The van der Waals surface area contributed by atoms with Crippen LogP contribution in [0.15, 0.2) is 18.2 Å². The second-order valence-corrected chi connectivity index (χ2v) is 5.21. The summed E-state index contributed by atoms with van der Waals surface area (Å²) < 4.78 is 15.3. The normalized spacial score (nSPS) is 17.2. The SMILES string of the molecule is COC(=O)C1(N)CCN(c2cc(OC)cc(OC)c2)CC1. The third-order valence-electron chi connectivity index (χ3n) is 3.95. The van der Waals surface area contributed by atoms with Crippen molar-refractivity contribution < 1.29 is 19.0 Å². The Morgan fingerprint density at radius 1 is 1.10 bits per heavy atom. The summed E-state index contributed by atoms with van der Waals surface area (Å²) in [4.78, 5) is 13.9. The highest BCUT2D eigenvalue weighted by molar-refractivity contribution is 5.81. The van der Waals surface area contributed by atoms with Crippen LogP contribution >= 0.6 is 0 Å². The zero-order valence-electron chi connectivity index (χ0n) is 12.7. The molecule has 1 aromatic rings. The smallest absolute Gasteiger partial charge is 0.325 e. The number of rotatable bonds is 4. The van der Waals surface area contributed by atoms with E-state index >= 15 is 0 Å². The molecule has 2 rings (SSSR count). The van der Waals surface area contributed by atoms with Crippen molar-refractivity contribution in [1.29, 1.82) is 0 Å². The first-order valence-corrected chi connectivity index (χ1v) is 6.88. The van der Waals surface area contributed by atoms with Crippen LogP contribution < -0.4 is 20.1 Å². The van der Waals surface area contributed by atoms with Crippen molar-refractivity contribution in [3.63, 3.8) is 0 Å². The average Bonchev–Trinajstić information content (AvgIpc) is 2.54. The van der Waals surface area contributed by atoms with E-state index in [4.69, 9.17) is 19.9 Å². The Labute approximate surface area is 124 Å². The van der Waals surface area contributed by atoms with E-state index in [9.17, 15) is 4.79 Å².